The zero-order valence-corrected chi connectivity index (χ0v) is 18.8. The summed E-state index contributed by atoms with van der Waals surface area (Å²) in [4.78, 5) is 20.5. The third-order valence-electron chi connectivity index (χ3n) is 6.64. The molecule has 0 radical (unpaired) electrons. The highest BCUT2D eigenvalue weighted by molar-refractivity contribution is 5.97. The van der Waals surface area contributed by atoms with Crippen LogP contribution in [-0.4, -0.2) is 48.5 Å². The van der Waals surface area contributed by atoms with Crippen LogP contribution in [0.2, 0.25) is 0 Å². The first-order valence-electron chi connectivity index (χ1n) is 11.7. The van der Waals surface area contributed by atoms with Crippen LogP contribution in [0.3, 0.4) is 0 Å². The molecule has 0 saturated carbocycles. The number of fused-ring (bicyclic) bond motifs is 3. The zero-order chi connectivity index (χ0) is 21.9. The van der Waals surface area contributed by atoms with Gasteiger partial charge in [0, 0.05) is 31.5 Å². The van der Waals surface area contributed by atoms with E-state index < -0.39 is 0 Å². The van der Waals surface area contributed by atoms with E-state index in [0.29, 0.717) is 12.1 Å². The van der Waals surface area contributed by atoms with E-state index in [1.807, 2.05) is 6.07 Å². The van der Waals surface area contributed by atoms with Crippen molar-refractivity contribution < 1.29 is 9.53 Å². The third-order valence-corrected chi connectivity index (χ3v) is 6.64. The molecule has 3 aromatic rings. The number of pyridine rings is 1. The van der Waals surface area contributed by atoms with Gasteiger partial charge in [0.2, 0.25) is 0 Å². The van der Waals surface area contributed by atoms with E-state index in [9.17, 15) is 4.79 Å². The maximum Gasteiger partial charge on any atom is 0.181 e. The Bertz CT molecular complexity index is 1110. The van der Waals surface area contributed by atoms with Crippen LogP contribution in [0.5, 0.6) is 0 Å². The lowest BCUT2D eigenvalue weighted by molar-refractivity contribution is 0.0371. The molecule has 1 fully saturated rings. The summed E-state index contributed by atoms with van der Waals surface area (Å²) in [6, 6.07) is 19.0. The molecular weight excluding hydrogens is 396 g/mol. The highest BCUT2D eigenvalue weighted by Gasteiger charge is 2.25. The molecule has 0 atom stereocenters. The quantitative estimate of drug-likeness (QED) is 0.297. The molecule has 2 aliphatic rings. The van der Waals surface area contributed by atoms with Gasteiger partial charge in [0.1, 0.15) is 5.69 Å². The number of Topliss-reactive ketones (excluding diaryl/α,β-unsaturated/α-hetero) is 1. The minimum atomic E-state index is 0.146. The molecule has 1 saturated heterocycles. The standard InChI is InChI=1S/C28H30N2O2/c1-20-9-11-21(12-10-20)28-25-18-22-6-2-3-7-23(22)24(25)19-26(29-28)27(31)8-4-5-13-30-14-16-32-17-15-30/h2-3,6-7,9-12,19H,4-5,8,13-18H2,1H3. The number of nitrogens with zero attached hydrogens (tertiary/aromatic N) is 2. The summed E-state index contributed by atoms with van der Waals surface area (Å²) in [7, 11) is 0. The van der Waals surface area contributed by atoms with Crippen molar-refractivity contribution in [2.24, 2.45) is 0 Å². The van der Waals surface area contributed by atoms with Crippen molar-refractivity contribution in [3.63, 3.8) is 0 Å². The number of hydrogen-bond donors (Lipinski definition) is 0. The number of carbonyl (C=O) groups is 1. The Morgan fingerprint density at radius 1 is 1.00 bits per heavy atom. The summed E-state index contributed by atoms with van der Waals surface area (Å²) in [5, 5.41) is 0. The molecule has 0 bridgehead atoms. The van der Waals surface area contributed by atoms with Gasteiger partial charge in [-0.3, -0.25) is 9.69 Å². The van der Waals surface area contributed by atoms with Gasteiger partial charge < -0.3 is 4.74 Å². The molecule has 0 spiro atoms. The smallest absolute Gasteiger partial charge is 0.181 e. The van der Waals surface area contributed by atoms with E-state index in [4.69, 9.17) is 9.72 Å². The minimum Gasteiger partial charge on any atom is -0.379 e. The predicted octanol–water partition coefficient (Wildman–Crippen LogP) is 5.31. The maximum atomic E-state index is 13.1. The van der Waals surface area contributed by atoms with Gasteiger partial charge in [-0.2, -0.15) is 0 Å². The Balaban J connectivity index is 1.38. The van der Waals surface area contributed by atoms with Crippen LogP contribution in [0.15, 0.2) is 54.6 Å². The fourth-order valence-electron chi connectivity index (χ4n) is 4.79. The Labute approximate surface area is 190 Å². The number of aryl methyl sites for hydroxylation is 1. The highest BCUT2D eigenvalue weighted by atomic mass is 16.5. The summed E-state index contributed by atoms with van der Waals surface area (Å²) in [6.07, 6.45) is 3.34. The first-order valence-corrected chi connectivity index (χ1v) is 11.7. The van der Waals surface area contributed by atoms with Gasteiger partial charge in [-0.1, -0.05) is 54.1 Å². The average molecular weight is 427 g/mol. The topological polar surface area (TPSA) is 42.4 Å². The number of hydrogen-bond acceptors (Lipinski definition) is 4. The second-order valence-electron chi connectivity index (χ2n) is 8.92. The Kier molecular flexibility index (Phi) is 6.15. The van der Waals surface area contributed by atoms with Crippen molar-refractivity contribution in [2.45, 2.75) is 32.6 Å². The van der Waals surface area contributed by atoms with Crippen LogP contribution in [0.25, 0.3) is 22.4 Å². The summed E-state index contributed by atoms with van der Waals surface area (Å²) < 4.78 is 5.41. The number of benzene rings is 2. The summed E-state index contributed by atoms with van der Waals surface area (Å²) >= 11 is 0. The molecule has 1 aromatic heterocycles. The molecule has 4 heteroatoms. The number of aromatic nitrogens is 1. The third kappa shape index (κ3) is 4.38. The van der Waals surface area contributed by atoms with E-state index in [2.05, 4.69) is 60.4 Å². The molecule has 4 nitrogen and oxygen atoms in total. The molecule has 2 aromatic carbocycles. The molecule has 5 rings (SSSR count). The lowest BCUT2D eigenvalue weighted by atomic mass is 9.98. The molecule has 1 aliphatic heterocycles. The van der Waals surface area contributed by atoms with E-state index in [-0.39, 0.29) is 5.78 Å². The van der Waals surface area contributed by atoms with Crippen LogP contribution < -0.4 is 0 Å². The minimum absolute atomic E-state index is 0.146. The molecule has 164 valence electrons. The van der Waals surface area contributed by atoms with E-state index in [0.717, 1.165) is 63.4 Å². The normalized spacial score (nSPS) is 15.4. The van der Waals surface area contributed by atoms with Crippen molar-refractivity contribution in [3.8, 4) is 22.4 Å². The van der Waals surface area contributed by atoms with Gasteiger partial charge >= 0.3 is 0 Å². The number of morpholine rings is 1. The molecule has 0 N–H and O–H groups in total. The second kappa shape index (κ2) is 9.35. The van der Waals surface area contributed by atoms with Crippen molar-refractivity contribution >= 4 is 5.78 Å². The summed E-state index contributed by atoms with van der Waals surface area (Å²) in [5.74, 6) is 0.146. The van der Waals surface area contributed by atoms with E-state index >= 15 is 0 Å². The molecule has 0 unspecified atom stereocenters. The van der Waals surface area contributed by atoms with Crippen LogP contribution in [0.4, 0.5) is 0 Å². The van der Waals surface area contributed by atoms with Gasteiger partial charge in [0.15, 0.2) is 5.78 Å². The van der Waals surface area contributed by atoms with Crippen LogP contribution in [0.1, 0.15) is 46.4 Å². The fraction of sp³-hybridized carbons (Fsp3) is 0.357. The Morgan fingerprint density at radius 2 is 1.78 bits per heavy atom. The first kappa shape index (κ1) is 21.0. The molecule has 0 amide bonds. The molecule has 1 aliphatic carbocycles. The molecule has 2 heterocycles. The first-order chi connectivity index (χ1) is 15.7. The summed E-state index contributed by atoms with van der Waals surface area (Å²) in [5.41, 5.74) is 8.81. The van der Waals surface area contributed by atoms with Crippen molar-refractivity contribution in [3.05, 3.63) is 77.0 Å². The Hall–Kier alpha value is -2.82. The van der Waals surface area contributed by atoms with Crippen LogP contribution in [0, 0.1) is 6.92 Å². The molecular formula is C28H30N2O2. The van der Waals surface area contributed by atoms with Gasteiger partial charge in [0.25, 0.3) is 0 Å². The van der Waals surface area contributed by atoms with Crippen LogP contribution >= 0.6 is 0 Å². The molecule has 32 heavy (non-hydrogen) atoms. The van der Waals surface area contributed by atoms with Crippen molar-refractivity contribution in [1.82, 2.24) is 9.88 Å². The predicted molar refractivity (Wildman–Crippen MR) is 128 cm³/mol. The average Bonchev–Trinajstić information content (AvgIpc) is 3.21. The lowest BCUT2D eigenvalue weighted by Crippen LogP contribution is -2.36. The monoisotopic (exact) mass is 426 g/mol. The zero-order valence-electron chi connectivity index (χ0n) is 18.8. The number of ketones is 1. The van der Waals surface area contributed by atoms with Gasteiger partial charge in [-0.15, -0.1) is 0 Å². The highest BCUT2D eigenvalue weighted by Crippen LogP contribution is 2.41. The lowest BCUT2D eigenvalue weighted by Gasteiger charge is -2.26. The number of ether oxygens (including phenoxy) is 1. The fourth-order valence-corrected chi connectivity index (χ4v) is 4.79. The number of rotatable bonds is 7. The van der Waals surface area contributed by atoms with E-state index in [1.165, 1.54) is 27.8 Å². The number of unbranched alkanes of at least 4 members (excludes halogenated alkanes) is 1. The SMILES string of the molecule is Cc1ccc(-c2nc(C(=O)CCCCN3CCOCC3)cc3c2Cc2ccccc2-3)cc1. The number of carbonyl (C=O) groups excluding carboxylic acids is 1. The van der Waals surface area contributed by atoms with Crippen LogP contribution in [-0.2, 0) is 11.2 Å². The van der Waals surface area contributed by atoms with Crippen molar-refractivity contribution in [1.29, 1.82) is 0 Å². The largest absolute Gasteiger partial charge is 0.379 e. The summed E-state index contributed by atoms with van der Waals surface area (Å²) in [6.45, 7) is 6.77. The van der Waals surface area contributed by atoms with Gasteiger partial charge in [0.05, 0.1) is 18.9 Å². The second-order valence-corrected chi connectivity index (χ2v) is 8.92. The van der Waals surface area contributed by atoms with Gasteiger partial charge in [-0.05, 0) is 54.6 Å². The van der Waals surface area contributed by atoms with E-state index in [1.54, 1.807) is 0 Å². The maximum absolute atomic E-state index is 13.1. The van der Waals surface area contributed by atoms with Crippen molar-refractivity contribution in [2.75, 3.05) is 32.8 Å². The van der Waals surface area contributed by atoms with Gasteiger partial charge in [-0.25, -0.2) is 4.98 Å². The Morgan fingerprint density at radius 3 is 2.59 bits per heavy atom.